The largest absolute Gasteiger partial charge is 0.495 e. The molecule has 1 heterocycles. The van der Waals surface area contributed by atoms with Gasteiger partial charge in [-0.3, -0.25) is 4.90 Å². The second kappa shape index (κ2) is 7.28. The molecule has 0 atom stereocenters. The Morgan fingerprint density at radius 1 is 1.35 bits per heavy atom. The van der Waals surface area contributed by atoms with Crippen LogP contribution in [-0.2, 0) is 11.3 Å². The van der Waals surface area contributed by atoms with Gasteiger partial charge in [0.05, 0.1) is 18.8 Å². The van der Waals surface area contributed by atoms with Crippen LogP contribution in [0, 0.1) is 11.3 Å². The second-order valence-corrected chi connectivity index (χ2v) is 5.08. The van der Waals surface area contributed by atoms with Crippen molar-refractivity contribution in [2.45, 2.75) is 32.4 Å². The average Bonchev–Trinajstić information content (AvgIpc) is 2.49. The van der Waals surface area contributed by atoms with Crippen molar-refractivity contribution >= 4 is 0 Å². The maximum Gasteiger partial charge on any atom is 0.136 e. The van der Waals surface area contributed by atoms with Crippen LogP contribution in [0.2, 0.25) is 0 Å². The number of piperidine rings is 1. The van der Waals surface area contributed by atoms with E-state index in [-0.39, 0.29) is 0 Å². The number of rotatable bonds is 5. The molecule has 2 rings (SSSR count). The fourth-order valence-electron chi connectivity index (χ4n) is 2.65. The van der Waals surface area contributed by atoms with E-state index in [1.54, 1.807) is 7.11 Å². The Balaban J connectivity index is 1.93. The first-order valence-corrected chi connectivity index (χ1v) is 7.17. The smallest absolute Gasteiger partial charge is 0.136 e. The highest BCUT2D eigenvalue weighted by Gasteiger charge is 2.19. The topological polar surface area (TPSA) is 45.5 Å². The zero-order valence-electron chi connectivity index (χ0n) is 12.3. The Kier molecular flexibility index (Phi) is 5.40. The van der Waals surface area contributed by atoms with Gasteiger partial charge in [0.25, 0.3) is 0 Å². The maximum absolute atomic E-state index is 8.99. The van der Waals surface area contributed by atoms with Crippen LogP contribution in [0.4, 0.5) is 0 Å². The summed E-state index contributed by atoms with van der Waals surface area (Å²) in [5.74, 6) is 0.661. The summed E-state index contributed by atoms with van der Waals surface area (Å²) >= 11 is 0. The first-order valence-electron chi connectivity index (χ1n) is 7.17. The molecule has 1 saturated heterocycles. The molecule has 108 valence electrons. The third kappa shape index (κ3) is 3.72. The van der Waals surface area contributed by atoms with E-state index in [0.717, 1.165) is 39.1 Å². The highest BCUT2D eigenvalue weighted by atomic mass is 16.5. The van der Waals surface area contributed by atoms with Gasteiger partial charge in [-0.15, -0.1) is 0 Å². The zero-order valence-corrected chi connectivity index (χ0v) is 12.3. The van der Waals surface area contributed by atoms with Crippen molar-refractivity contribution in [3.8, 4) is 11.8 Å². The van der Waals surface area contributed by atoms with Gasteiger partial charge in [-0.1, -0.05) is 6.07 Å². The molecule has 0 aliphatic carbocycles. The normalized spacial score (nSPS) is 16.9. The Morgan fingerprint density at radius 2 is 2.10 bits per heavy atom. The number of hydrogen-bond donors (Lipinski definition) is 0. The van der Waals surface area contributed by atoms with Gasteiger partial charge in [0.15, 0.2) is 0 Å². The molecule has 0 saturated carbocycles. The highest BCUT2D eigenvalue weighted by Crippen LogP contribution is 2.22. The van der Waals surface area contributed by atoms with E-state index in [4.69, 9.17) is 14.7 Å². The van der Waals surface area contributed by atoms with Crippen LogP contribution in [0.3, 0.4) is 0 Å². The lowest BCUT2D eigenvalue weighted by Gasteiger charge is -2.31. The molecular formula is C16H22N2O2. The van der Waals surface area contributed by atoms with Crippen molar-refractivity contribution in [2.75, 3.05) is 26.8 Å². The van der Waals surface area contributed by atoms with Crippen LogP contribution in [0.5, 0.6) is 5.75 Å². The monoisotopic (exact) mass is 274 g/mol. The van der Waals surface area contributed by atoms with Crippen LogP contribution in [0.1, 0.15) is 30.9 Å². The molecule has 4 heteroatoms. The molecule has 0 N–H and O–H groups in total. The van der Waals surface area contributed by atoms with Gasteiger partial charge in [-0.05, 0) is 37.5 Å². The molecule has 1 aromatic carbocycles. The molecule has 20 heavy (non-hydrogen) atoms. The molecule has 1 fully saturated rings. The van der Waals surface area contributed by atoms with Crippen LogP contribution in [-0.4, -0.2) is 37.8 Å². The minimum absolute atomic E-state index is 0.423. The fourth-order valence-corrected chi connectivity index (χ4v) is 2.65. The van der Waals surface area contributed by atoms with Crippen molar-refractivity contribution in [1.82, 2.24) is 4.90 Å². The Hall–Kier alpha value is -1.57. The minimum atomic E-state index is 0.423. The number of ether oxygens (including phenoxy) is 2. The quantitative estimate of drug-likeness (QED) is 0.828. The summed E-state index contributed by atoms with van der Waals surface area (Å²) < 4.78 is 10.9. The van der Waals surface area contributed by atoms with E-state index in [9.17, 15) is 0 Å². The molecule has 0 bridgehead atoms. The minimum Gasteiger partial charge on any atom is -0.495 e. The Labute approximate surface area is 120 Å². The predicted molar refractivity (Wildman–Crippen MR) is 77.6 cm³/mol. The van der Waals surface area contributed by atoms with Crippen molar-refractivity contribution < 1.29 is 9.47 Å². The molecule has 1 aromatic rings. The predicted octanol–water partition coefficient (Wildman–Crippen LogP) is 2.57. The maximum atomic E-state index is 8.99. The lowest BCUT2D eigenvalue weighted by molar-refractivity contribution is 0.0125. The second-order valence-electron chi connectivity index (χ2n) is 5.08. The number of nitrogens with zero attached hydrogens (tertiary/aromatic N) is 2. The van der Waals surface area contributed by atoms with Gasteiger partial charge < -0.3 is 9.47 Å². The van der Waals surface area contributed by atoms with Gasteiger partial charge in [0.2, 0.25) is 0 Å². The molecule has 0 unspecified atom stereocenters. The summed E-state index contributed by atoms with van der Waals surface area (Å²) in [5, 5.41) is 8.99. The van der Waals surface area contributed by atoms with Crippen LogP contribution >= 0.6 is 0 Å². The Morgan fingerprint density at radius 3 is 2.70 bits per heavy atom. The van der Waals surface area contributed by atoms with Gasteiger partial charge in [0.1, 0.15) is 11.8 Å². The molecule has 4 nitrogen and oxygen atoms in total. The van der Waals surface area contributed by atoms with E-state index in [2.05, 4.69) is 17.9 Å². The molecule has 0 spiro atoms. The van der Waals surface area contributed by atoms with Gasteiger partial charge in [-0.2, -0.15) is 5.26 Å². The van der Waals surface area contributed by atoms with E-state index in [1.807, 2.05) is 18.2 Å². The van der Waals surface area contributed by atoms with Crippen molar-refractivity contribution in [1.29, 1.82) is 5.26 Å². The van der Waals surface area contributed by atoms with Crippen LogP contribution in [0.25, 0.3) is 0 Å². The molecule has 0 radical (unpaired) electrons. The standard InChI is InChI=1S/C16H22N2O2/c1-3-20-15-6-8-18(9-7-15)12-13-4-5-14(11-17)16(10-13)19-2/h4-5,10,15H,3,6-9,12H2,1-2H3. The van der Waals surface area contributed by atoms with Gasteiger partial charge in [-0.25, -0.2) is 0 Å². The highest BCUT2D eigenvalue weighted by molar-refractivity contribution is 5.45. The van der Waals surface area contributed by atoms with Gasteiger partial charge in [0, 0.05) is 26.2 Å². The zero-order chi connectivity index (χ0) is 14.4. The van der Waals surface area contributed by atoms with Crippen molar-refractivity contribution in [3.05, 3.63) is 29.3 Å². The third-order valence-corrected chi connectivity index (χ3v) is 3.73. The number of nitriles is 1. The summed E-state index contributed by atoms with van der Waals surface area (Å²) in [6.07, 6.45) is 2.62. The van der Waals surface area contributed by atoms with E-state index < -0.39 is 0 Å². The molecular weight excluding hydrogens is 252 g/mol. The lowest BCUT2D eigenvalue weighted by Crippen LogP contribution is -2.36. The number of methoxy groups -OCH3 is 1. The number of benzene rings is 1. The average molecular weight is 274 g/mol. The summed E-state index contributed by atoms with van der Waals surface area (Å²) in [7, 11) is 1.60. The molecule has 0 aromatic heterocycles. The number of hydrogen-bond acceptors (Lipinski definition) is 4. The third-order valence-electron chi connectivity index (χ3n) is 3.73. The van der Waals surface area contributed by atoms with Crippen LogP contribution < -0.4 is 4.74 Å². The molecule has 1 aliphatic rings. The Bertz CT molecular complexity index is 474. The SMILES string of the molecule is CCOC1CCN(Cc2ccc(C#N)c(OC)c2)CC1. The van der Waals surface area contributed by atoms with E-state index in [0.29, 0.717) is 17.4 Å². The molecule has 1 aliphatic heterocycles. The molecule has 0 amide bonds. The van der Waals surface area contributed by atoms with E-state index in [1.165, 1.54) is 5.56 Å². The summed E-state index contributed by atoms with van der Waals surface area (Å²) in [6.45, 7) is 5.88. The summed E-state index contributed by atoms with van der Waals surface area (Å²) in [6, 6.07) is 7.95. The van der Waals surface area contributed by atoms with Crippen molar-refractivity contribution in [2.24, 2.45) is 0 Å². The van der Waals surface area contributed by atoms with Crippen LogP contribution in [0.15, 0.2) is 18.2 Å². The van der Waals surface area contributed by atoms with E-state index >= 15 is 0 Å². The van der Waals surface area contributed by atoms with Crippen molar-refractivity contribution in [3.63, 3.8) is 0 Å². The lowest BCUT2D eigenvalue weighted by atomic mass is 10.1. The summed E-state index contributed by atoms with van der Waals surface area (Å²) in [4.78, 5) is 2.43. The first kappa shape index (κ1) is 14.8. The number of likely N-dealkylation sites (tertiary alicyclic amines) is 1. The summed E-state index contributed by atoms with van der Waals surface area (Å²) in [5.41, 5.74) is 1.78. The fraction of sp³-hybridized carbons (Fsp3) is 0.562. The van der Waals surface area contributed by atoms with Gasteiger partial charge >= 0.3 is 0 Å². The first-order chi connectivity index (χ1) is 9.76.